The van der Waals surface area contributed by atoms with Crippen LogP contribution in [0.25, 0.3) is 11.3 Å². The van der Waals surface area contributed by atoms with Gasteiger partial charge in [0.1, 0.15) is 29.1 Å². The molecule has 236 valence electrons. The maximum absolute atomic E-state index is 14.5. The third-order valence-electron chi connectivity index (χ3n) is 6.76. The van der Waals surface area contributed by atoms with Crippen LogP contribution in [0.3, 0.4) is 0 Å². The normalized spacial score (nSPS) is 16.3. The number of nitrogens with two attached hydrogens (primary N) is 1. The summed E-state index contributed by atoms with van der Waals surface area (Å²) in [5, 5.41) is -0.413. The average Bonchev–Trinajstić information content (AvgIpc) is 2.97. The summed E-state index contributed by atoms with van der Waals surface area (Å²) in [6, 6.07) is 20.9. The summed E-state index contributed by atoms with van der Waals surface area (Å²) in [6.07, 6.45) is 0.686. The van der Waals surface area contributed by atoms with E-state index in [0.29, 0.717) is 43.1 Å². The van der Waals surface area contributed by atoms with Crippen LogP contribution in [0.1, 0.15) is 46.9 Å². The smallest absolute Gasteiger partial charge is 0.281 e. The van der Waals surface area contributed by atoms with Crippen LogP contribution in [0.2, 0.25) is 0 Å². The molecule has 1 saturated carbocycles. The van der Waals surface area contributed by atoms with Crippen LogP contribution in [0.15, 0.2) is 83.9 Å². The van der Waals surface area contributed by atoms with Crippen LogP contribution in [-0.2, 0) is 21.4 Å². The maximum Gasteiger partial charge on any atom is 0.281 e. The van der Waals surface area contributed by atoms with E-state index in [1.165, 1.54) is 42.5 Å². The lowest BCUT2D eigenvalue weighted by Gasteiger charge is -2.35. The molecule has 0 atom stereocenters. The number of aromatic nitrogens is 2. The number of carbonyl (C=O) groups is 1. The third-order valence-corrected chi connectivity index (χ3v) is 7.99. The second kappa shape index (κ2) is 13.4. The van der Waals surface area contributed by atoms with Crippen molar-refractivity contribution < 1.29 is 36.1 Å². The highest BCUT2D eigenvalue weighted by Gasteiger charge is 2.34. The fraction of sp³-hybridized carbons (Fsp3) is 0.281. The van der Waals surface area contributed by atoms with Crippen molar-refractivity contribution in [2.45, 2.75) is 50.5 Å². The summed E-state index contributed by atoms with van der Waals surface area (Å²) in [6.45, 7) is 4.82. The first kappa shape index (κ1) is 30.9. The number of rotatable bonds is 12. The quantitative estimate of drug-likeness (QED) is 0.197. The number of amides is 1. The number of nitrogen functional groups attached to an aromatic ring is 1. The number of benzene rings is 2. The number of hydrogen-bond acceptors (Lipinski definition) is 9. The van der Waals surface area contributed by atoms with Crippen molar-refractivity contribution in [3.63, 3.8) is 0 Å². The van der Waals surface area contributed by atoms with Gasteiger partial charge >= 0.3 is 0 Å². The number of sulfonamides is 1. The first-order chi connectivity index (χ1) is 21.1. The fourth-order valence-electron chi connectivity index (χ4n) is 4.43. The number of halogens is 1. The van der Waals surface area contributed by atoms with Crippen molar-refractivity contribution in [2.24, 2.45) is 5.92 Å². The molecule has 12 heteroatoms. The molecule has 0 aliphatic heterocycles. The highest BCUT2D eigenvalue weighted by atomic mass is 32.2. The van der Waals surface area contributed by atoms with Crippen molar-refractivity contribution in [2.75, 3.05) is 12.3 Å². The van der Waals surface area contributed by atoms with E-state index in [1.807, 2.05) is 48.9 Å². The zero-order chi connectivity index (χ0) is 31.3. The molecule has 0 radical (unpaired) electrons. The molecule has 44 heavy (non-hydrogen) atoms. The largest absolute Gasteiger partial charge is 0.493 e. The maximum atomic E-state index is 14.5. The van der Waals surface area contributed by atoms with Crippen LogP contribution < -0.4 is 19.9 Å². The van der Waals surface area contributed by atoms with E-state index in [9.17, 15) is 17.6 Å². The van der Waals surface area contributed by atoms with Crippen LogP contribution in [0, 0.1) is 11.7 Å². The van der Waals surface area contributed by atoms with E-state index in [2.05, 4.69) is 9.97 Å². The Kier molecular flexibility index (Phi) is 9.40. The first-order valence-electron chi connectivity index (χ1n) is 14.1. The lowest BCUT2D eigenvalue weighted by atomic mass is 9.92. The molecule has 2 aromatic carbocycles. The van der Waals surface area contributed by atoms with Crippen molar-refractivity contribution in [1.82, 2.24) is 14.7 Å². The van der Waals surface area contributed by atoms with Gasteiger partial charge < -0.3 is 19.9 Å². The Bertz CT molecular complexity index is 1750. The van der Waals surface area contributed by atoms with Crippen LogP contribution in [0.4, 0.5) is 10.2 Å². The van der Waals surface area contributed by atoms with E-state index >= 15 is 0 Å². The molecule has 5 rings (SSSR count). The van der Waals surface area contributed by atoms with Crippen molar-refractivity contribution in [1.29, 1.82) is 0 Å². The number of ether oxygens (including phenoxy) is 3. The Labute approximate surface area is 259 Å². The summed E-state index contributed by atoms with van der Waals surface area (Å²) < 4.78 is 60.1. The van der Waals surface area contributed by atoms with Crippen molar-refractivity contribution in [3.8, 4) is 22.9 Å². The summed E-state index contributed by atoms with van der Waals surface area (Å²) in [7, 11) is -4.36. The summed E-state index contributed by atoms with van der Waals surface area (Å²) in [5.74, 6) is -1.05. The van der Waals surface area contributed by atoms with Gasteiger partial charge in [-0.3, -0.25) is 4.79 Å². The van der Waals surface area contributed by atoms with Gasteiger partial charge in [0.05, 0.1) is 25.0 Å². The molecule has 1 amide bonds. The second-order valence-electron chi connectivity index (χ2n) is 10.9. The topological polar surface area (TPSA) is 143 Å². The molecule has 0 spiro atoms. The SMILES string of the molecule is CC(C)COc1cc(F)cc(-c2ccc(C(=O)NS(=O)(=O)c3cccc(N)n3)c(OC3CC(OCc4ccccc4)C3)n2)c1.[HH].[HH].[HH]. The average molecular weight is 627 g/mol. The van der Waals surface area contributed by atoms with Gasteiger partial charge in [-0.15, -0.1) is 0 Å². The molecule has 2 aromatic heterocycles. The van der Waals surface area contributed by atoms with Crippen molar-refractivity contribution in [3.05, 3.63) is 95.8 Å². The minimum absolute atomic E-state index is 0. The Balaban J connectivity index is 0.00000256. The molecule has 3 N–H and O–H groups in total. The monoisotopic (exact) mass is 626 g/mol. The third kappa shape index (κ3) is 7.88. The van der Waals surface area contributed by atoms with Gasteiger partial charge in [0, 0.05) is 28.8 Å². The predicted molar refractivity (Wildman–Crippen MR) is 168 cm³/mol. The molecular formula is C32H39FN4O6S. The standard InChI is InChI=1S/C32H33FN4O6S.3H2/c1-20(2)18-41-24-14-22(13-23(33)15-24)28-12-11-27(31(38)37-44(39,40)30-10-6-9-29(34)36-30)32(35-28)43-26-16-25(17-26)42-19-21-7-4-3-5-8-21;;;/h3-15,20,25-26H,16-19H2,1-2H3,(H2,34,36)(H,37,38);3*1H. The number of pyridine rings is 2. The summed E-state index contributed by atoms with van der Waals surface area (Å²) in [5.41, 5.74) is 7.26. The molecule has 0 bridgehead atoms. The lowest BCUT2D eigenvalue weighted by molar-refractivity contribution is -0.0695. The minimum Gasteiger partial charge on any atom is -0.493 e. The summed E-state index contributed by atoms with van der Waals surface area (Å²) in [4.78, 5) is 21.6. The predicted octanol–water partition coefficient (Wildman–Crippen LogP) is 5.88. The first-order valence-corrected chi connectivity index (χ1v) is 15.6. The number of nitrogens with one attached hydrogen (secondary N) is 1. The molecule has 0 unspecified atom stereocenters. The van der Waals surface area contributed by atoms with Gasteiger partial charge in [0.25, 0.3) is 15.9 Å². The Morgan fingerprint density at radius 1 is 1.02 bits per heavy atom. The molecule has 1 aliphatic rings. The Morgan fingerprint density at radius 3 is 2.52 bits per heavy atom. The minimum atomic E-state index is -4.36. The van der Waals surface area contributed by atoms with E-state index in [-0.39, 0.29) is 39.7 Å². The zero-order valence-electron chi connectivity index (χ0n) is 24.3. The van der Waals surface area contributed by atoms with Gasteiger partial charge in [-0.1, -0.05) is 50.2 Å². The van der Waals surface area contributed by atoms with E-state index in [1.54, 1.807) is 6.07 Å². The second-order valence-corrected chi connectivity index (χ2v) is 12.5. The van der Waals surface area contributed by atoms with E-state index in [0.717, 1.165) is 5.56 Å². The fourth-order valence-corrected chi connectivity index (χ4v) is 5.37. The highest BCUT2D eigenvalue weighted by Crippen LogP contribution is 2.33. The Hall–Kier alpha value is -4.55. The molecule has 1 fully saturated rings. The summed E-state index contributed by atoms with van der Waals surface area (Å²) >= 11 is 0. The number of carbonyl (C=O) groups excluding carboxylic acids is 1. The van der Waals surface area contributed by atoms with Crippen LogP contribution in [-0.4, -0.2) is 43.1 Å². The molecule has 2 heterocycles. The number of hydrogen-bond donors (Lipinski definition) is 2. The molecular weight excluding hydrogens is 587 g/mol. The van der Waals surface area contributed by atoms with Gasteiger partial charge in [0.15, 0.2) is 5.03 Å². The van der Waals surface area contributed by atoms with Crippen molar-refractivity contribution >= 4 is 21.7 Å². The Morgan fingerprint density at radius 2 is 1.80 bits per heavy atom. The molecule has 4 aromatic rings. The van der Waals surface area contributed by atoms with E-state index in [4.69, 9.17) is 19.9 Å². The van der Waals surface area contributed by atoms with E-state index < -0.39 is 26.8 Å². The van der Waals surface area contributed by atoms with Crippen LogP contribution >= 0.6 is 0 Å². The van der Waals surface area contributed by atoms with Gasteiger partial charge in [0.2, 0.25) is 5.88 Å². The van der Waals surface area contributed by atoms with Gasteiger partial charge in [-0.25, -0.2) is 19.1 Å². The zero-order valence-corrected chi connectivity index (χ0v) is 25.1. The molecule has 0 saturated heterocycles. The van der Waals surface area contributed by atoms with Gasteiger partial charge in [-0.05, 0) is 47.9 Å². The number of nitrogens with zero attached hydrogens (tertiary/aromatic N) is 2. The highest BCUT2D eigenvalue weighted by molar-refractivity contribution is 7.90. The molecule has 10 nitrogen and oxygen atoms in total. The van der Waals surface area contributed by atoms with Crippen LogP contribution in [0.5, 0.6) is 11.6 Å². The lowest BCUT2D eigenvalue weighted by Crippen LogP contribution is -2.40. The number of anilines is 1. The molecule has 1 aliphatic carbocycles. The van der Waals surface area contributed by atoms with Gasteiger partial charge in [-0.2, -0.15) is 8.42 Å².